The summed E-state index contributed by atoms with van der Waals surface area (Å²) >= 11 is 0. The molecule has 0 aromatic carbocycles. The number of hydrogen-bond donors (Lipinski definition) is 12. The number of rotatable bonds is 73. The third-order valence-corrected chi connectivity index (χ3v) is 21.8. The molecule has 3 aliphatic heterocycles. The molecule has 19 heteroatoms. The first-order valence-corrected chi connectivity index (χ1v) is 46.2. The Hall–Kier alpha value is -4.59. The molecular weight excluding hydrogens is 1480 g/mol. The summed E-state index contributed by atoms with van der Waals surface area (Å²) in [4.78, 5) is 13.5. The molecule has 3 aliphatic rings. The van der Waals surface area contributed by atoms with Crippen molar-refractivity contribution in [2.75, 3.05) is 26.4 Å². The van der Waals surface area contributed by atoms with Crippen molar-refractivity contribution in [1.29, 1.82) is 0 Å². The predicted molar refractivity (Wildman–Crippen MR) is 475 cm³/mol. The summed E-state index contributed by atoms with van der Waals surface area (Å²) in [5, 5.41) is 121. The minimum Gasteiger partial charge on any atom is -0.394 e. The number of aliphatic hydroxyl groups excluding tert-OH is 11. The number of allylic oxidation sites excluding steroid dienone is 25. The molecule has 0 radical (unpaired) electrons. The van der Waals surface area contributed by atoms with Crippen molar-refractivity contribution >= 4 is 5.91 Å². The van der Waals surface area contributed by atoms with Crippen molar-refractivity contribution in [3.05, 3.63) is 158 Å². The highest BCUT2D eigenvalue weighted by molar-refractivity contribution is 5.76. The van der Waals surface area contributed by atoms with Gasteiger partial charge in [-0.3, -0.25) is 4.79 Å². The largest absolute Gasteiger partial charge is 0.394 e. The Bertz CT molecular complexity index is 2730. The minimum absolute atomic E-state index is 0.204. The van der Waals surface area contributed by atoms with Gasteiger partial charge < -0.3 is 89.9 Å². The van der Waals surface area contributed by atoms with E-state index < -0.39 is 124 Å². The van der Waals surface area contributed by atoms with Crippen LogP contribution >= 0.6 is 0 Å². The van der Waals surface area contributed by atoms with Gasteiger partial charge in [0.1, 0.15) is 73.2 Å². The molecule has 1 amide bonds. The summed E-state index contributed by atoms with van der Waals surface area (Å²) in [6.45, 7) is 1.63. The molecule has 3 heterocycles. The van der Waals surface area contributed by atoms with E-state index in [2.05, 4.69) is 165 Å². The van der Waals surface area contributed by atoms with Gasteiger partial charge in [0.25, 0.3) is 0 Å². The third-order valence-electron chi connectivity index (χ3n) is 21.8. The first-order chi connectivity index (χ1) is 57.3. The first kappa shape index (κ1) is 107. The average molecular weight is 1650 g/mol. The SMILES string of the molecule is CC/C=C\C/C=C\C/C=C\C/C=C\C/C=C\C/C=C\C/C=C\C/C=C\C/C=C\C/C=C\C/C=C\C/C=C\CCCCCCC(=O)NC(COC1OC(CO)C(OC2OC(CO)C(OC3OC(CO)C(O)C(O)C3O)C(O)C2O)C(O)C1O)C(O)/C=C/CCCCCCCCCCCCCCCCCCCCCCCCCCCCCCC. The van der Waals surface area contributed by atoms with Gasteiger partial charge in [0.2, 0.25) is 5.91 Å². The number of ether oxygens (including phenoxy) is 6. The molecule has 3 saturated heterocycles. The predicted octanol–water partition coefficient (Wildman–Crippen LogP) is 18.3. The van der Waals surface area contributed by atoms with Crippen molar-refractivity contribution < 1.29 is 89.4 Å². The number of carbonyl (C=O) groups is 1. The van der Waals surface area contributed by atoms with E-state index in [4.69, 9.17) is 28.4 Å². The molecule has 0 spiro atoms. The number of nitrogens with one attached hydrogen (secondary N) is 1. The van der Waals surface area contributed by atoms with Gasteiger partial charge in [-0.25, -0.2) is 0 Å². The van der Waals surface area contributed by atoms with E-state index in [0.29, 0.717) is 6.42 Å². The van der Waals surface area contributed by atoms with Crippen LogP contribution in [0, 0.1) is 0 Å². The molecule has 17 atom stereocenters. The van der Waals surface area contributed by atoms with E-state index in [9.17, 15) is 61.0 Å². The molecule has 19 nitrogen and oxygen atoms in total. The third kappa shape index (κ3) is 53.1. The van der Waals surface area contributed by atoms with Crippen LogP contribution in [-0.2, 0) is 33.2 Å². The van der Waals surface area contributed by atoms with E-state index >= 15 is 0 Å². The average Bonchev–Trinajstić information content (AvgIpc) is 0.778. The summed E-state index contributed by atoms with van der Waals surface area (Å²) in [6.07, 6.45) is 85.3. The fraction of sp³-hybridized carbons (Fsp3) is 0.724. The van der Waals surface area contributed by atoms with Gasteiger partial charge in [0, 0.05) is 6.42 Å². The van der Waals surface area contributed by atoms with E-state index in [-0.39, 0.29) is 18.9 Å². The highest BCUT2D eigenvalue weighted by atomic mass is 16.8. The number of unbranched alkanes of at least 4 members (excludes halogenated alkanes) is 33. The van der Waals surface area contributed by atoms with Crippen molar-refractivity contribution in [2.45, 2.75) is 426 Å². The normalized spacial score (nSPS) is 25.2. The second-order valence-corrected chi connectivity index (χ2v) is 32.0. The van der Waals surface area contributed by atoms with Crippen molar-refractivity contribution in [3.63, 3.8) is 0 Å². The Balaban J connectivity index is 1.35. The number of amides is 1. The van der Waals surface area contributed by atoms with Crippen molar-refractivity contribution in [1.82, 2.24) is 5.32 Å². The zero-order valence-electron chi connectivity index (χ0n) is 72.4. The quantitative estimate of drug-likeness (QED) is 0.0199. The second kappa shape index (κ2) is 75.2. The summed E-state index contributed by atoms with van der Waals surface area (Å²) in [7, 11) is 0. The van der Waals surface area contributed by atoms with Gasteiger partial charge in [0.15, 0.2) is 18.9 Å². The molecule has 3 fully saturated rings. The Morgan fingerprint density at radius 2 is 0.590 bits per heavy atom. The second-order valence-electron chi connectivity index (χ2n) is 32.0. The molecule has 0 aromatic rings. The zero-order valence-corrected chi connectivity index (χ0v) is 72.4. The van der Waals surface area contributed by atoms with E-state index in [1.807, 2.05) is 6.08 Å². The molecule has 12 N–H and O–H groups in total. The zero-order chi connectivity index (χ0) is 84.5. The summed E-state index contributed by atoms with van der Waals surface area (Å²) in [5.41, 5.74) is 0. The lowest BCUT2D eigenvalue weighted by atomic mass is 9.96. The minimum atomic E-state index is -1.99. The van der Waals surface area contributed by atoms with E-state index in [1.165, 1.54) is 167 Å². The van der Waals surface area contributed by atoms with Crippen LogP contribution in [0.5, 0.6) is 0 Å². The molecule has 0 aromatic heterocycles. The summed E-state index contributed by atoms with van der Waals surface area (Å²) in [6, 6.07) is -1.00. The lowest BCUT2D eigenvalue weighted by molar-refractivity contribution is -0.379. The molecule has 670 valence electrons. The number of aliphatic hydroxyl groups is 11. The monoisotopic (exact) mass is 1640 g/mol. The van der Waals surface area contributed by atoms with Crippen molar-refractivity contribution in [3.8, 4) is 0 Å². The Morgan fingerprint density at radius 1 is 0.316 bits per heavy atom. The number of carbonyl (C=O) groups excluding carboxylic acids is 1. The first-order valence-electron chi connectivity index (χ1n) is 46.2. The van der Waals surface area contributed by atoms with Gasteiger partial charge in [-0.05, 0) is 109 Å². The van der Waals surface area contributed by atoms with Gasteiger partial charge >= 0.3 is 0 Å². The van der Waals surface area contributed by atoms with Gasteiger partial charge in [-0.2, -0.15) is 0 Å². The Morgan fingerprint density at radius 3 is 0.923 bits per heavy atom. The molecular formula is C98H165NO18. The summed E-state index contributed by atoms with van der Waals surface area (Å²) in [5.74, 6) is -0.303. The van der Waals surface area contributed by atoms with Crippen LogP contribution in [0.1, 0.15) is 322 Å². The van der Waals surface area contributed by atoms with Crippen LogP contribution in [0.4, 0.5) is 0 Å². The maximum absolute atomic E-state index is 13.5. The van der Waals surface area contributed by atoms with Crippen LogP contribution in [0.3, 0.4) is 0 Å². The molecule has 0 aliphatic carbocycles. The molecule has 17 unspecified atom stereocenters. The smallest absolute Gasteiger partial charge is 0.220 e. The molecule has 0 bridgehead atoms. The van der Waals surface area contributed by atoms with Gasteiger partial charge in [-0.15, -0.1) is 0 Å². The fourth-order valence-electron chi connectivity index (χ4n) is 14.5. The van der Waals surface area contributed by atoms with E-state index in [1.54, 1.807) is 6.08 Å². The van der Waals surface area contributed by atoms with Gasteiger partial charge in [0.05, 0.1) is 38.6 Å². The lowest BCUT2D eigenvalue weighted by Crippen LogP contribution is -2.66. The van der Waals surface area contributed by atoms with Crippen molar-refractivity contribution in [2.24, 2.45) is 0 Å². The van der Waals surface area contributed by atoms with Crippen LogP contribution in [0.2, 0.25) is 0 Å². The highest BCUT2D eigenvalue weighted by Gasteiger charge is 2.54. The molecule has 3 rings (SSSR count). The fourth-order valence-corrected chi connectivity index (χ4v) is 14.5. The molecule has 0 saturated carbocycles. The van der Waals surface area contributed by atoms with Crippen LogP contribution in [-0.4, -0.2) is 193 Å². The lowest BCUT2D eigenvalue weighted by Gasteiger charge is -2.48. The summed E-state index contributed by atoms with van der Waals surface area (Å²) < 4.78 is 34.5. The molecule has 117 heavy (non-hydrogen) atoms. The van der Waals surface area contributed by atoms with Crippen LogP contribution in [0.25, 0.3) is 0 Å². The maximum Gasteiger partial charge on any atom is 0.220 e. The number of hydrogen-bond acceptors (Lipinski definition) is 18. The Kier molecular flexibility index (Phi) is 68.5. The van der Waals surface area contributed by atoms with Gasteiger partial charge in [-0.1, -0.05) is 364 Å². The highest BCUT2D eigenvalue weighted by Crippen LogP contribution is 2.33. The standard InChI is InChI=1S/C98H165NO18/c1-3-5-7-9-11-13-15-17-19-21-23-25-27-29-31-33-35-36-37-38-39-40-41-42-43-44-46-48-50-52-54-56-58-60-62-64-66-68-70-72-74-76-86(104)99-81(82(103)75-73-71-69-67-65-63-61-59-57-55-53-51-49-47-45-34-32-30-28-26-24-22-20-18-16-14-12-10-8-6-4-2)80-112-96-92(110)89(107)94(84(78-101)114-96)117-98-93(111)90(108)95(85(79-102)115-98)116-97-91(109)88(106)87(105)83(77-100)113-97/h5,7,11,13,17,19,23,25,29,31,35-36,38-39,41-42,44,46,50,52,56,58,62,64,73,75,81-85,87-98,100-103,105-111H,3-4,6,8-10,12,14-16,18,20-22,24,26-28,30,32-34,37,40,43,45,47-49,51,53-55,57,59-61,63,65-72,74,76-80H2,1-2H3,(H,99,104)/b7-5-,13-11-,19-17-,25-23-,31-29-,36-35-,39-38-,42-41-,46-44-,52-50-,58-56-,64-62-,75-73+. The maximum atomic E-state index is 13.5. The van der Waals surface area contributed by atoms with Crippen LogP contribution < -0.4 is 5.32 Å². The Labute approximate surface area is 707 Å². The van der Waals surface area contributed by atoms with Crippen LogP contribution in [0.15, 0.2) is 158 Å². The topological polar surface area (TPSA) is 307 Å². The van der Waals surface area contributed by atoms with E-state index in [0.717, 1.165) is 128 Å².